The molecule has 0 aromatic heterocycles. The molecular weight excluding hydrogens is 300 g/mol. The van der Waals surface area contributed by atoms with Crippen molar-refractivity contribution >= 4 is 5.91 Å². The van der Waals surface area contributed by atoms with Gasteiger partial charge in [-0.3, -0.25) is 4.79 Å². The van der Waals surface area contributed by atoms with E-state index < -0.39 is 0 Å². The molecule has 0 aliphatic carbocycles. The van der Waals surface area contributed by atoms with Crippen LogP contribution < -0.4 is 10.6 Å². The largest absolute Gasteiger partial charge is 0.378 e. The third kappa shape index (κ3) is 4.43. The number of carbonyl (C=O) groups excluding carboxylic acids is 1. The zero-order chi connectivity index (χ0) is 16.8. The van der Waals surface area contributed by atoms with Gasteiger partial charge in [-0.2, -0.15) is 0 Å². The Bertz CT molecular complexity index is 649. The van der Waals surface area contributed by atoms with Crippen molar-refractivity contribution in [1.82, 2.24) is 10.6 Å². The SMILES string of the molecule is CC(NC(=O)CC1COCCN1)c1ccc(-c2ccccc2)cc1. The van der Waals surface area contributed by atoms with Gasteiger partial charge in [-0.05, 0) is 23.6 Å². The van der Waals surface area contributed by atoms with Crippen LogP contribution in [0, 0.1) is 0 Å². The molecule has 1 aliphatic rings. The quantitative estimate of drug-likeness (QED) is 0.889. The standard InChI is InChI=1S/C20H24N2O2/c1-15(22-20(23)13-19-14-24-12-11-21-19)16-7-9-18(10-8-16)17-5-3-2-4-6-17/h2-10,15,19,21H,11-14H2,1H3,(H,22,23). The number of morpholine rings is 1. The minimum Gasteiger partial charge on any atom is -0.378 e. The number of hydrogen-bond donors (Lipinski definition) is 2. The van der Waals surface area contributed by atoms with E-state index in [1.165, 1.54) is 11.1 Å². The van der Waals surface area contributed by atoms with E-state index in [0.29, 0.717) is 13.0 Å². The summed E-state index contributed by atoms with van der Waals surface area (Å²) in [5.74, 6) is 0.0534. The van der Waals surface area contributed by atoms with Crippen LogP contribution >= 0.6 is 0 Å². The molecule has 3 rings (SSSR count). The van der Waals surface area contributed by atoms with E-state index in [0.717, 1.165) is 18.7 Å². The molecule has 1 fully saturated rings. The van der Waals surface area contributed by atoms with E-state index in [9.17, 15) is 4.79 Å². The average molecular weight is 324 g/mol. The summed E-state index contributed by atoms with van der Waals surface area (Å²) in [6.45, 7) is 4.16. The van der Waals surface area contributed by atoms with Crippen molar-refractivity contribution in [2.75, 3.05) is 19.8 Å². The fourth-order valence-electron chi connectivity index (χ4n) is 2.95. The van der Waals surface area contributed by atoms with Gasteiger partial charge in [0.05, 0.1) is 19.3 Å². The molecule has 2 aromatic carbocycles. The number of carbonyl (C=O) groups is 1. The maximum absolute atomic E-state index is 12.2. The number of nitrogens with one attached hydrogen (secondary N) is 2. The number of hydrogen-bond acceptors (Lipinski definition) is 3. The number of rotatable bonds is 5. The van der Waals surface area contributed by atoms with Crippen molar-refractivity contribution in [3.8, 4) is 11.1 Å². The van der Waals surface area contributed by atoms with Gasteiger partial charge >= 0.3 is 0 Å². The average Bonchev–Trinajstić information content (AvgIpc) is 2.63. The predicted octanol–water partition coefficient (Wildman–Crippen LogP) is 2.91. The predicted molar refractivity (Wildman–Crippen MR) is 95.7 cm³/mol. The Kier molecular flexibility index (Phi) is 5.62. The van der Waals surface area contributed by atoms with Crippen LogP contribution in [0.3, 0.4) is 0 Å². The Labute approximate surface area is 143 Å². The normalized spacial score (nSPS) is 18.8. The first-order valence-corrected chi connectivity index (χ1v) is 8.48. The molecule has 0 saturated carbocycles. The Morgan fingerprint density at radius 1 is 1.17 bits per heavy atom. The van der Waals surface area contributed by atoms with Crippen molar-refractivity contribution in [3.63, 3.8) is 0 Å². The van der Waals surface area contributed by atoms with Crippen molar-refractivity contribution in [1.29, 1.82) is 0 Å². The maximum atomic E-state index is 12.2. The molecule has 1 heterocycles. The van der Waals surface area contributed by atoms with Crippen molar-refractivity contribution < 1.29 is 9.53 Å². The van der Waals surface area contributed by atoms with Crippen LogP contribution in [0.15, 0.2) is 54.6 Å². The van der Waals surface area contributed by atoms with Gasteiger partial charge in [0, 0.05) is 19.0 Å². The Morgan fingerprint density at radius 2 is 1.88 bits per heavy atom. The van der Waals surface area contributed by atoms with Crippen LogP contribution in [0.1, 0.15) is 24.9 Å². The summed E-state index contributed by atoms with van der Waals surface area (Å²) in [6, 6.07) is 18.8. The van der Waals surface area contributed by atoms with Crippen molar-refractivity contribution in [2.45, 2.75) is 25.4 Å². The molecule has 24 heavy (non-hydrogen) atoms. The third-order valence-corrected chi connectivity index (χ3v) is 4.33. The summed E-state index contributed by atoms with van der Waals surface area (Å²) in [5, 5.41) is 6.37. The van der Waals surface area contributed by atoms with Gasteiger partial charge in [0.2, 0.25) is 5.91 Å². The lowest BCUT2D eigenvalue weighted by molar-refractivity contribution is -0.122. The van der Waals surface area contributed by atoms with E-state index in [4.69, 9.17) is 4.74 Å². The highest BCUT2D eigenvalue weighted by Gasteiger charge is 2.18. The lowest BCUT2D eigenvalue weighted by Gasteiger charge is -2.24. The number of benzene rings is 2. The zero-order valence-electron chi connectivity index (χ0n) is 14.0. The Balaban J connectivity index is 1.56. The Morgan fingerprint density at radius 3 is 2.54 bits per heavy atom. The highest BCUT2D eigenvalue weighted by atomic mass is 16.5. The van der Waals surface area contributed by atoms with Crippen molar-refractivity contribution in [3.05, 3.63) is 60.2 Å². The minimum absolute atomic E-state index is 0.00756. The number of amides is 1. The molecule has 4 heteroatoms. The summed E-state index contributed by atoms with van der Waals surface area (Å²) < 4.78 is 5.39. The van der Waals surface area contributed by atoms with E-state index >= 15 is 0 Å². The van der Waals surface area contributed by atoms with Gasteiger partial charge in [-0.25, -0.2) is 0 Å². The second-order valence-corrected chi connectivity index (χ2v) is 6.21. The summed E-state index contributed by atoms with van der Waals surface area (Å²) in [5.41, 5.74) is 3.49. The second kappa shape index (κ2) is 8.08. The van der Waals surface area contributed by atoms with Crippen molar-refractivity contribution in [2.24, 2.45) is 0 Å². The van der Waals surface area contributed by atoms with E-state index in [2.05, 4.69) is 47.0 Å². The van der Waals surface area contributed by atoms with Gasteiger partial charge in [-0.1, -0.05) is 54.6 Å². The van der Waals surface area contributed by atoms with E-state index in [1.54, 1.807) is 0 Å². The van der Waals surface area contributed by atoms with E-state index in [1.807, 2.05) is 25.1 Å². The smallest absolute Gasteiger partial charge is 0.222 e. The first kappa shape index (κ1) is 16.7. The molecule has 1 saturated heterocycles. The van der Waals surface area contributed by atoms with Gasteiger partial charge in [0.15, 0.2) is 0 Å². The summed E-state index contributed by atoms with van der Waals surface area (Å²) in [6.07, 6.45) is 0.451. The van der Waals surface area contributed by atoms with Gasteiger partial charge in [-0.15, -0.1) is 0 Å². The van der Waals surface area contributed by atoms with Crippen LogP contribution in [-0.2, 0) is 9.53 Å². The molecule has 1 aliphatic heterocycles. The molecule has 2 atom stereocenters. The van der Waals surface area contributed by atoms with E-state index in [-0.39, 0.29) is 18.0 Å². The third-order valence-electron chi connectivity index (χ3n) is 4.33. The topological polar surface area (TPSA) is 50.4 Å². The molecule has 2 unspecified atom stereocenters. The molecule has 2 aromatic rings. The molecular formula is C20H24N2O2. The van der Waals surface area contributed by atoms with Gasteiger partial charge in [0.25, 0.3) is 0 Å². The van der Waals surface area contributed by atoms with Crippen LogP contribution in [0.5, 0.6) is 0 Å². The summed E-state index contributed by atoms with van der Waals surface area (Å²) in [4.78, 5) is 12.2. The first-order chi connectivity index (χ1) is 11.7. The Hall–Kier alpha value is -2.17. The molecule has 4 nitrogen and oxygen atoms in total. The zero-order valence-corrected chi connectivity index (χ0v) is 14.0. The molecule has 1 amide bonds. The van der Waals surface area contributed by atoms with Gasteiger partial charge in [0.1, 0.15) is 0 Å². The molecule has 0 bridgehead atoms. The fraction of sp³-hybridized carbons (Fsp3) is 0.350. The maximum Gasteiger partial charge on any atom is 0.222 e. The van der Waals surface area contributed by atoms with Crippen LogP contribution in [0.25, 0.3) is 11.1 Å². The summed E-state index contributed by atoms with van der Waals surface area (Å²) in [7, 11) is 0. The molecule has 2 N–H and O–H groups in total. The first-order valence-electron chi connectivity index (χ1n) is 8.48. The second-order valence-electron chi connectivity index (χ2n) is 6.21. The van der Waals surface area contributed by atoms with Crippen LogP contribution in [-0.4, -0.2) is 31.7 Å². The van der Waals surface area contributed by atoms with Gasteiger partial charge < -0.3 is 15.4 Å². The highest BCUT2D eigenvalue weighted by Crippen LogP contribution is 2.21. The molecule has 126 valence electrons. The van der Waals surface area contributed by atoms with Crippen LogP contribution in [0.4, 0.5) is 0 Å². The number of ether oxygens (including phenoxy) is 1. The lowest BCUT2D eigenvalue weighted by atomic mass is 10.0. The fourth-order valence-corrected chi connectivity index (χ4v) is 2.95. The lowest BCUT2D eigenvalue weighted by Crippen LogP contribution is -2.44. The monoisotopic (exact) mass is 324 g/mol. The van der Waals surface area contributed by atoms with Crippen LogP contribution in [0.2, 0.25) is 0 Å². The highest BCUT2D eigenvalue weighted by molar-refractivity contribution is 5.77. The summed E-state index contributed by atoms with van der Waals surface area (Å²) >= 11 is 0. The minimum atomic E-state index is -0.00756. The molecule has 0 radical (unpaired) electrons. The molecule has 0 spiro atoms.